The van der Waals surface area contributed by atoms with Gasteiger partial charge in [-0.25, -0.2) is 0 Å². The normalized spacial score (nSPS) is 13.1. The molecule has 0 aromatic carbocycles. The Kier molecular flexibility index (Phi) is 4.84. The smallest absolute Gasteiger partial charge is 0.319 e. The first kappa shape index (κ1) is 14.6. The average Bonchev–Trinajstić information content (AvgIpc) is 2.79. The third kappa shape index (κ3) is 4.10. The van der Waals surface area contributed by atoms with Gasteiger partial charge in [-0.15, -0.1) is 11.8 Å². The topological polar surface area (TPSA) is 79.5 Å². The largest absolute Gasteiger partial charge is 0.480 e. The molecule has 0 aliphatic rings. The maximum Gasteiger partial charge on any atom is 0.319 e. The number of carbonyl (C=O) groups is 2. The molecule has 0 saturated heterocycles. The lowest BCUT2D eigenvalue weighted by atomic mass is 10.2. The summed E-state index contributed by atoms with van der Waals surface area (Å²) in [5.74, 6) is -0.367. The maximum atomic E-state index is 11.7. The van der Waals surface area contributed by atoms with Crippen LogP contribution in [-0.4, -0.2) is 27.5 Å². The third-order valence-corrected chi connectivity index (χ3v) is 3.73. The van der Waals surface area contributed by atoms with E-state index in [-0.39, 0.29) is 17.7 Å². The number of carbonyl (C=O) groups excluding carboxylic acids is 1. The molecule has 5 nitrogen and oxygen atoms in total. The van der Waals surface area contributed by atoms with Crippen LogP contribution in [0.1, 0.15) is 32.6 Å². The number of rotatable bonds is 6. The summed E-state index contributed by atoms with van der Waals surface area (Å²) in [7, 11) is 0. The van der Waals surface area contributed by atoms with Crippen LogP contribution in [0.3, 0.4) is 0 Å². The number of thioether (sulfide) groups is 1. The van der Waals surface area contributed by atoms with Gasteiger partial charge in [-0.1, -0.05) is 0 Å². The van der Waals surface area contributed by atoms with Gasteiger partial charge in [0.2, 0.25) is 5.91 Å². The highest BCUT2D eigenvalue weighted by Crippen LogP contribution is 2.24. The molecule has 1 amide bonds. The zero-order valence-corrected chi connectivity index (χ0v) is 11.4. The Labute approximate surface area is 110 Å². The summed E-state index contributed by atoms with van der Waals surface area (Å²) in [4.78, 5) is 22.5. The lowest BCUT2D eigenvalue weighted by Crippen LogP contribution is -2.33. The van der Waals surface area contributed by atoms with Crippen molar-refractivity contribution in [2.75, 3.05) is 5.75 Å². The molecule has 1 unspecified atom stereocenters. The number of hydrogen-bond acceptors (Lipinski definition) is 4. The van der Waals surface area contributed by atoms with Crippen LogP contribution in [0.25, 0.3) is 0 Å². The molecule has 0 aliphatic heterocycles. The summed E-state index contributed by atoms with van der Waals surface area (Å²) < 4.78 is 4.20. The minimum absolute atomic E-state index is 0.102. The van der Waals surface area contributed by atoms with Gasteiger partial charge in [0.1, 0.15) is 10.5 Å². The summed E-state index contributed by atoms with van der Waals surface area (Å²) in [5, 5.41) is 11.7. The van der Waals surface area contributed by atoms with Gasteiger partial charge < -0.3 is 14.8 Å². The fourth-order valence-electron chi connectivity index (χ4n) is 1.20. The van der Waals surface area contributed by atoms with Crippen LogP contribution in [0, 0.1) is 0 Å². The molecule has 1 heterocycles. The quantitative estimate of drug-likeness (QED) is 0.827. The third-order valence-electron chi connectivity index (χ3n) is 2.43. The predicted octanol–water partition coefficient (Wildman–Crippen LogP) is 2.05. The van der Waals surface area contributed by atoms with E-state index in [0.29, 0.717) is 5.76 Å². The Bertz CT molecular complexity index is 414. The lowest BCUT2D eigenvalue weighted by molar-refractivity contribution is -0.138. The highest BCUT2D eigenvalue weighted by atomic mass is 32.2. The van der Waals surface area contributed by atoms with Gasteiger partial charge in [0.05, 0.1) is 18.1 Å². The van der Waals surface area contributed by atoms with Crippen LogP contribution in [0.2, 0.25) is 0 Å². The first-order valence-corrected chi connectivity index (χ1v) is 6.51. The SMILES string of the molecule is CC(NC(=O)CSC(C)(C)C(=O)O)c1ccco1. The second kappa shape index (κ2) is 5.95. The van der Waals surface area contributed by atoms with Crippen molar-refractivity contribution in [1.29, 1.82) is 0 Å². The Balaban J connectivity index is 2.41. The molecule has 0 spiro atoms. The Morgan fingerprint density at radius 1 is 1.56 bits per heavy atom. The highest BCUT2D eigenvalue weighted by molar-refractivity contribution is 8.01. The minimum atomic E-state index is -0.967. The highest BCUT2D eigenvalue weighted by Gasteiger charge is 2.28. The maximum absolute atomic E-state index is 11.7. The zero-order chi connectivity index (χ0) is 13.8. The zero-order valence-electron chi connectivity index (χ0n) is 10.6. The van der Waals surface area contributed by atoms with E-state index in [0.717, 1.165) is 11.8 Å². The number of carboxylic acids is 1. The van der Waals surface area contributed by atoms with Gasteiger partial charge in [-0.2, -0.15) is 0 Å². The van der Waals surface area contributed by atoms with E-state index >= 15 is 0 Å². The molecule has 2 N–H and O–H groups in total. The van der Waals surface area contributed by atoms with Crippen molar-refractivity contribution < 1.29 is 19.1 Å². The first-order valence-electron chi connectivity index (χ1n) is 5.53. The fraction of sp³-hybridized carbons (Fsp3) is 0.500. The Morgan fingerprint density at radius 2 is 2.22 bits per heavy atom. The molecule has 1 aromatic heterocycles. The summed E-state index contributed by atoms with van der Waals surface area (Å²) >= 11 is 1.09. The number of aliphatic carboxylic acids is 1. The van der Waals surface area contributed by atoms with Crippen LogP contribution in [0.4, 0.5) is 0 Å². The molecule has 0 bridgehead atoms. The monoisotopic (exact) mass is 271 g/mol. The van der Waals surface area contributed by atoms with Crippen molar-refractivity contribution >= 4 is 23.6 Å². The van der Waals surface area contributed by atoms with Crippen molar-refractivity contribution in [3.8, 4) is 0 Å². The number of carboxylic acid groups (broad SMARTS) is 1. The number of amides is 1. The van der Waals surface area contributed by atoms with Crippen molar-refractivity contribution in [1.82, 2.24) is 5.32 Å². The Hall–Kier alpha value is -1.43. The predicted molar refractivity (Wildman–Crippen MR) is 69.4 cm³/mol. The molecule has 1 atom stereocenters. The van der Waals surface area contributed by atoms with E-state index in [9.17, 15) is 9.59 Å². The van der Waals surface area contributed by atoms with Crippen LogP contribution in [0.5, 0.6) is 0 Å². The van der Waals surface area contributed by atoms with E-state index in [2.05, 4.69) is 5.32 Å². The van der Waals surface area contributed by atoms with E-state index < -0.39 is 10.7 Å². The molecule has 0 radical (unpaired) electrons. The minimum Gasteiger partial charge on any atom is -0.480 e. The second-order valence-corrected chi connectivity index (χ2v) is 6.01. The summed E-state index contributed by atoms with van der Waals surface area (Å²) in [6.45, 7) is 4.95. The molecule has 0 fully saturated rings. The van der Waals surface area contributed by atoms with Crippen LogP contribution in [0.15, 0.2) is 22.8 Å². The number of hydrogen-bond donors (Lipinski definition) is 2. The first-order chi connectivity index (χ1) is 8.33. The lowest BCUT2D eigenvalue weighted by Gasteiger charge is -2.18. The molecule has 0 aliphatic carbocycles. The standard InChI is InChI=1S/C12H17NO4S/c1-8(9-5-4-6-17-9)13-10(14)7-18-12(2,3)11(15)16/h4-6,8H,7H2,1-3H3,(H,13,14)(H,15,16). The molecule has 100 valence electrons. The summed E-state index contributed by atoms with van der Waals surface area (Å²) in [6, 6.07) is 3.31. The second-order valence-electron chi connectivity index (χ2n) is 4.41. The van der Waals surface area contributed by atoms with Crippen LogP contribution < -0.4 is 5.32 Å². The molecule has 1 rings (SSSR count). The van der Waals surface area contributed by atoms with Crippen LogP contribution >= 0.6 is 11.8 Å². The molecule has 18 heavy (non-hydrogen) atoms. The molecular weight excluding hydrogens is 254 g/mol. The van der Waals surface area contributed by atoms with Crippen LogP contribution in [-0.2, 0) is 9.59 Å². The van der Waals surface area contributed by atoms with Gasteiger partial charge in [0, 0.05) is 0 Å². The van der Waals surface area contributed by atoms with Crippen molar-refractivity contribution in [3.05, 3.63) is 24.2 Å². The van der Waals surface area contributed by atoms with Gasteiger partial charge in [0.15, 0.2) is 0 Å². The van der Waals surface area contributed by atoms with Gasteiger partial charge >= 0.3 is 5.97 Å². The molecule has 0 saturated carbocycles. The number of furan rings is 1. The average molecular weight is 271 g/mol. The Morgan fingerprint density at radius 3 is 2.72 bits per heavy atom. The van der Waals surface area contributed by atoms with Crippen molar-refractivity contribution in [3.63, 3.8) is 0 Å². The summed E-state index contributed by atoms with van der Waals surface area (Å²) in [5.41, 5.74) is 0. The van der Waals surface area contributed by atoms with Crippen molar-refractivity contribution in [2.24, 2.45) is 0 Å². The van der Waals surface area contributed by atoms with E-state index in [1.807, 2.05) is 6.92 Å². The number of nitrogens with one attached hydrogen (secondary N) is 1. The molecule has 1 aromatic rings. The van der Waals surface area contributed by atoms with Gasteiger partial charge in [-0.3, -0.25) is 9.59 Å². The molecule has 6 heteroatoms. The fourth-order valence-corrected chi connectivity index (χ4v) is 1.90. The van der Waals surface area contributed by atoms with E-state index in [1.165, 1.54) is 0 Å². The molecular formula is C12H17NO4S. The van der Waals surface area contributed by atoms with Gasteiger partial charge in [-0.05, 0) is 32.9 Å². The van der Waals surface area contributed by atoms with E-state index in [1.54, 1.807) is 32.2 Å². The van der Waals surface area contributed by atoms with E-state index in [4.69, 9.17) is 9.52 Å². The van der Waals surface area contributed by atoms with Gasteiger partial charge in [0.25, 0.3) is 0 Å². The van der Waals surface area contributed by atoms with Crippen molar-refractivity contribution in [2.45, 2.75) is 31.6 Å². The summed E-state index contributed by atoms with van der Waals surface area (Å²) in [6.07, 6.45) is 1.54.